The molecule has 0 radical (unpaired) electrons. The Morgan fingerprint density at radius 1 is 1.05 bits per heavy atom. The lowest BCUT2D eigenvalue weighted by molar-refractivity contribution is 0.552. The Bertz CT molecular complexity index is 523. The van der Waals surface area contributed by atoms with Crippen molar-refractivity contribution < 1.29 is 0 Å². The summed E-state index contributed by atoms with van der Waals surface area (Å²) in [5, 5.41) is 8.05. The summed E-state index contributed by atoms with van der Waals surface area (Å²) in [5.74, 6) is 1.16. The third-order valence-corrected chi connectivity index (χ3v) is 3.28. The van der Waals surface area contributed by atoms with Crippen molar-refractivity contribution in [3.63, 3.8) is 0 Å². The molecule has 0 saturated carbocycles. The van der Waals surface area contributed by atoms with Crippen LogP contribution in [-0.4, -0.2) is 16.3 Å². The number of hydrogen-bond donors (Lipinski definition) is 1. The molecule has 3 nitrogen and oxygen atoms in total. The Balaban J connectivity index is 2.00. The number of aromatic nitrogens is 2. The Hall–Kier alpha value is -1.61. The van der Waals surface area contributed by atoms with Crippen molar-refractivity contribution >= 4 is 0 Å². The lowest BCUT2D eigenvalue weighted by atomic mass is 10.1. The van der Waals surface area contributed by atoms with Gasteiger partial charge in [-0.2, -0.15) is 5.10 Å². The van der Waals surface area contributed by atoms with Crippen LogP contribution in [0, 0.1) is 5.92 Å². The van der Waals surface area contributed by atoms with Gasteiger partial charge in [-0.3, -0.25) is 0 Å². The van der Waals surface area contributed by atoms with Crippen molar-refractivity contribution in [2.45, 2.75) is 40.2 Å². The van der Waals surface area contributed by atoms with E-state index in [9.17, 15) is 0 Å². The van der Waals surface area contributed by atoms with Gasteiger partial charge < -0.3 is 5.32 Å². The summed E-state index contributed by atoms with van der Waals surface area (Å²) in [5.41, 5.74) is 3.56. The van der Waals surface area contributed by atoms with Crippen LogP contribution in [0.15, 0.2) is 36.5 Å². The second-order valence-electron chi connectivity index (χ2n) is 6.03. The molecule has 20 heavy (non-hydrogen) atoms. The average molecular weight is 271 g/mol. The van der Waals surface area contributed by atoms with Crippen LogP contribution in [0.3, 0.4) is 0 Å². The quantitative estimate of drug-likeness (QED) is 0.867. The van der Waals surface area contributed by atoms with Crippen LogP contribution in [0.1, 0.15) is 44.9 Å². The first-order valence-electron chi connectivity index (χ1n) is 7.42. The normalized spacial score (nSPS) is 11.5. The zero-order valence-electron chi connectivity index (χ0n) is 12.9. The van der Waals surface area contributed by atoms with Gasteiger partial charge >= 0.3 is 0 Å². The van der Waals surface area contributed by atoms with E-state index in [1.54, 1.807) is 0 Å². The molecule has 0 saturated heterocycles. The van der Waals surface area contributed by atoms with Gasteiger partial charge in [0.1, 0.15) is 0 Å². The van der Waals surface area contributed by atoms with Crippen molar-refractivity contribution in [1.29, 1.82) is 0 Å². The lowest BCUT2D eigenvalue weighted by Gasteiger charge is -2.08. The predicted molar refractivity (Wildman–Crippen MR) is 84.2 cm³/mol. The maximum Gasteiger partial charge on any atom is 0.0654 e. The van der Waals surface area contributed by atoms with Gasteiger partial charge in [0.2, 0.25) is 0 Å². The van der Waals surface area contributed by atoms with Gasteiger partial charge in [0, 0.05) is 12.7 Å². The van der Waals surface area contributed by atoms with E-state index in [1.165, 1.54) is 5.56 Å². The summed E-state index contributed by atoms with van der Waals surface area (Å²) in [6, 6.07) is 10.7. The first kappa shape index (κ1) is 14.8. The molecule has 1 aromatic heterocycles. The molecule has 0 atom stereocenters. The largest absolute Gasteiger partial charge is 0.312 e. The van der Waals surface area contributed by atoms with E-state index in [1.807, 2.05) is 10.9 Å². The zero-order chi connectivity index (χ0) is 14.5. The molecule has 0 unspecified atom stereocenters. The molecule has 0 spiro atoms. The van der Waals surface area contributed by atoms with Crippen LogP contribution in [-0.2, 0) is 6.54 Å². The minimum Gasteiger partial charge on any atom is -0.312 e. The van der Waals surface area contributed by atoms with Crippen LogP contribution in [0.2, 0.25) is 0 Å². The highest BCUT2D eigenvalue weighted by molar-refractivity contribution is 5.34. The van der Waals surface area contributed by atoms with Crippen molar-refractivity contribution in [2.75, 3.05) is 6.54 Å². The number of nitrogens with one attached hydrogen (secondary N) is 1. The van der Waals surface area contributed by atoms with Gasteiger partial charge in [-0.25, -0.2) is 4.68 Å². The maximum atomic E-state index is 4.60. The number of rotatable bonds is 6. The minimum atomic E-state index is 0.468. The molecule has 2 aromatic rings. The Morgan fingerprint density at radius 3 is 2.30 bits per heavy atom. The second-order valence-corrected chi connectivity index (χ2v) is 6.03. The molecule has 1 aromatic carbocycles. The van der Waals surface area contributed by atoms with Crippen LogP contribution in [0.5, 0.6) is 0 Å². The first-order chi connectivity index (χ1) is 9.56. The van der Waals surface area contributed by atoms with E-state index in [2.05, 4.69) is 68.4 Å². The molecule has 3 heteroatoms. The fourth-order valence-electron chi connectivity index (χ4n) is 2.06. The van der Waals surface area contributed by atoms with Gasteiger partial charge in [-0.15, -0.1) is 0 Å². The molecule has 0 aliphatic rings. The van der Waals surface area contributed by atoms with Crippen LogP contribution < -0.4 is 5.32 Å². The van der Waals surface area contributed by atoms with E-state index < -0.39 is 0 Å². The standard InChI is InChI=1S/C17H25N3/c1-13(2)11-18-12-15-5-7-16(8-6-15)20-10-9-17(19-20)14(3)4/h5-10,13-14,18H,11-12H2,1-4H3. The molecular formula is C17H25N3. The topological polar surface area (TPSA) is 29.9 Å². The van der Waals surface area contributed by atoms with Crippen LogP contribution >= 0.6 is 0 Å². The average Bonchev–Trinajstić information content (AvgIpc) is 2.89. The molecule has 0 amide bonds. The maximum absolute atomic E-state index is 4.60. The molecule has 0 aliphatic heterocycles. The van der Waals surface area contributed by atoms with E-state index in [0.717, 1.165) is 24.5 Å². The predicted octanol–water partition coefficient (Wildman–Crippen LogP) is 3.74. The fraction of sp³-hybridized carbons (Fsp3) is 0.471. The third kappa shape index (κ3) is 3.94. The summed E-state index contributed by atoms with van der Waals surface area (Å²) >= 11 is 0. The monoisotopic (exact) mass is 271 g/mol. The minimum absolute atomic E-state index is 0.468. The van der Waals surface area contributed by atoms with Gasteiger partial charge in [0.05, 0.1) is 11.4 Å². The molecular weight excluding hydrogens is 246 g/mol. The van der Waals surface area contributed by atoms with Gasteiger partial charge in [-0.1, -0.05) is 39.8 Å². The molecule has 0 aliphatic carbocycles. The highest BCUT2D eigenvalue weighted by atomic mass is 15.3. The second kappa shape index (κ2) is 6.71. The SMILES string of the molecule is CC(C)CNCc1ccc(-n2ccc(C(C)C)n2)cc1. The molecule has 1 heterocycles. The van der Waals surface area contributed by atoms with Crippen molar-refractivity contribution in [3.8, 4) is 5.69 Å². The fourth-order valence-corrected chi connectivity index (χ4v) is 2.06. The van der Waals surface area contributed by atoms with Gasteiger partial charge in [-0.05, 0) is 42.1 Å². The molecule has 0 fully saturated rings. The highest BCUT2D eigenvalue weighted by Gasteiger charge is 2.04. The Labute approximate surface area is 122 Å². The Kier molecular flexibility index (Phi) is 4.96. The summed E-state index contributed by atoms with van der Waals surface area (Å²) in [4.78, 5) is 0. The number of nitrogens with zero attached hydrogens (tertiary/aromatic N) is 2. The summed E-state index contributed by atoms with van der Waals surface area (Å²) < 4.78 is 1.95. The van der Waals surface area contributed by atoms with Crippen LogP contribution in [0.25, 0.3) is 5.69 Å². The summed E-state index contributed by atoms with van der Waals surface area (Å²) in [6.45, 7) is 10.8. The van der Waals surface area contributed by atoms with Crippen molar-refractivity contribution in [3.05, 3.63) is 47.8 Å². The van der Waals surface area contributed by atoms with Gasteiger partial charge in [0.25, 0.3) is 0 Å². The van der Waals surface area contributed by atoms with E-state index in [4.69, 9.17) is 0 Å². The molecule has 1 N–H and O–H groups in total. The first-order valence-corrected chi connectivity index (χ1v) is 7.42. The number of hydrogen-bond acceptors (Lipinski definition) is 2. The molecule has 108 valence electrons. The van der Waals surface area contributed by atoms with E-state index >= 15 is 0 Å². The van der Waals surface area contributed by atoms with Crippen molar-refractivity contribution in [1.82, 2.24) is 15.1 Å². The summed E-state index contributed by atoms with van der Waals surface area (Å²) in [7, 11) is 0. The van der Waals surface area contributed by atoms with Gasteiger partial charge in [0.15, 0.2) is 0 Å². The smallest absolute Gasteiger partial charge is 0.0654 e. The van der Waals surface area contributed by atoms with Crippen LogP contribution in [0.4, 0.5) is 0 Å². The van der Waals surface area contributed by atoms with E-state index in [0.29, 0.717) is 11.8 Å². The Morgan fingerprint density at radius 2 is 1.75 bits per heavy atom. The van der Waals surface area contributed by atoms with Crippen molar-refractivity contribution in [2.24, 2.45) is 5.92 Å². The molecule has 2 rings (SSSR count). The lowest BCUT2D eigenvalue weighted by Crippen LogP contribution is -2.18. The molecule has 0 bridgehead atoms. The summed E-state index contributed by atoms with van der Waals surface area (Å²) in [6.07, 6.45) is 2.03. The van der Waals surface area contributed by atoms with E-state index in [-0.39, 0.29) is 0 Å². The zero-order valence-corrected chi connectivity index (χ0v) is 12.9. The third-order valence-electron chi connectivity index (χ3n) is 3.28. The number of benzene rings is 1. The highest BCUT2D eigenvalue weighted by Crippen LogP contribution is 2.14.